The lowest BCUT2D eigenvalue weighted by Gasteiger charge is -2.30. The molecule has 0 unspecified atom stereocenters. The second-order valence-corrected chi connectivity index (χ2v) is 5.62. The summed E-state index contributed by atoms with van der Waals surface area (Å²) >= 11 is 0. The number of benzene rings is 1. The Morgan fingerprint density at radius 3 is 3.12 bits per heavy atom. The van der Waals surface area contributed by atoms with E-state index in [2.05, 4.69) is 20.4 Å². The highest BCUT2D eigenvalue weighted by Gasteiger charge is 2.24. The summed E-state index contributed by atoms with van der Waals surface area (Å²) in [6, 6.07) is 7.30. The van der Waals surface area contributed by atoms with E-state index in [4.69, 9.17) is 4.11 Å². The van der Waals surface area contributed by atoms with E-state index < -0.39 is 12.9 Å². The second-order valence-electron chi connectivity index (χ2n) is 5.62. The van der Waals surface area contributed by atoms with Crippen LogP contribution in [0.1, 0.15) is 20.3 Å². The minimum Gasteiger partial charge on any atom is -0.364 e. The molecule has 0 bridgehead atoms. The molecule has 0 saturated heterocycles. The Morgan fingerprint density at radius 1 is 1.32 bits per heavy atom. The molecule has 0 spiro atoms. The first kappa shape index (κ1) is 12.0. The number of para-hydroxylation sites is 1. The molecule has 126 valence electrons. The Morgan fingerprint density at radius 2 is 2.24 bits per heavy atom. The van der Waals surface area contributed by atoms with Gasteiger partial charge in [0.25, 0.3) is 5.91 Å². The summed E-state index contributed by atoms with van der Waals surface area (Å²) in [4.78, 5) is 22.6. The second kappa shape index (κ2) is 5.90. The first-order valence-electron chi connectivity index (χ1n) is 9.10. The van der Waals surface area contributed by atoms with Gasteiger partial charge >= 0.3 is 0 Å². The molecule has 0 fully saturated rings. The predicted octanol–water partition coefficient (Wildman–Crippen LogP) is 1.72. The third-order valence-corrected chi connectivity index (χ3v) is 4.07. The lowest BCUT2D eigenvalue weighted by molar-refractivity contribution is 0.0963. The van der Waals surface area contributed by atoms with Crippen molar-refractivity contribution in [3.05, 3.63) is 54.4 Å². The normalized spacial score (nSPS) is 14.6. The van der Waals surface area contributed by atoms with Gasteiger partial charge in [-0.15, -0.1) is 0 Å². The standard InChI is InChI=1S/C17H17N7O/c1-18-17(25)11-8-19-7-6-12(11)22-13-4-3-5-14-16(13)23(2)9-15-20-10-21-24(14)15/h3-8,10H,9H2,1-2H3,(H,18,25)(H,19,22)/i1D3. The Labute approximate surface area is 148 Å². The van der Waals surface area contributed by atoms with Gasteiger partial charge in [0.05, 0.1) is 34.9 Å². The molecule has 4 rings (SSSR count). The highest BCUT2D eigenvalue weighted by atomic mass is 16.1. The van der Waals surface area contributed by atoms with Gasteiger partial charge in [0.1, 0.15) is 6.33 Å². The van der Waals surface area contributed by atoms with Crippen LogP contribution in [0.5, 0.6) is 0 Å². The number of aromatic nitrogens is 4. The molecule has 0 saturated carbocycles. The van der Waals surface area contributed by atoms with Crippen LogP contribution in [0.2, 0.25) is 0 Å². The minimum atomic E-state index is -2.58. The van der Waals surface area contributed by atoms with Gasteiger partial charge in [-0.25, -0.2) is 9.67 Å². The molecule has 1 aliphatic heterocycles. The third kappa shape index (κ3) is 2.47. The van der Waals surface area contributed by atoms with Crippen LogP contribution in [-0.2, 0) is 6.54 Å². The van der Waals surface area contributed by atoms with Crippen molar-refractivity contribution in [2.24, 2.45) is 0 Å². The summed E-state index contributed by atoms with van der Waals surface area (Å²) in [5.41, 5.74) is 3.07. The molecule has 2 N–H and O–H groups in total. The average Bonchev–Trinajstić information content (AvgIpc) is 3.09. The van der Waals surface area contributed by atoms with Crippen molar-refractivity contribution >= 4 is 23.0 Å². The Balaban J connectivity index is 1.73. The summed E-state index contributed by atoms with van der Waals surface area (Å²) in [6.07, 6.45) is 4.37. The minimum absolute atomic E-state index is 0.135. The van der Waals surface area contributed by atoms with E-state index in [1.165, 1.54) is 18.7 Å². The molecule has 0 radical (unpaired) electrons. The first-order valence-corrected chi connectivity index (χ1v) is 7.60. The molecule has 3 heterocycles. The number of hydrogen-bond donors (Lipinski definition) is 2. The molecule has 8 nitrogen and oxygen atoms in total. The number of anilines is 3. The van der Waals surface area contributed by atoms with Gasteiger partial charge in [0.15, 0.2) is 5.82 Å². The number of nitrogens with zero attached hydrogens (tertiary/aromatic N) is 5. The zero-order chi connectivity index (χ0) is 19.9. The number of rotatable bonds is 3. The van der Waals surface area contributed by atoms with Gasteiger partial charge in [-0.3, -0.25) is 9.78 Å². The van der Waals surface area contributed by atoms with Crippen LogP contribution in [0.25, 0.3) is 5.69 Å². The molecule has 25 heavy (non-hydrogen) atoms. The van der Waals surface area contributed by atoms with Gasteiger partial charge in [-0.1, -0.05) is 6.07 Å². The first-order chi connectivity index (χ1) is 13.3. The van der Waals surface area contributed by atoms with E-state index in [-0.39, 0.29) is 5.56 Å². The maximum atomic E-state index is 12.4. The van der Waals surface area contributed by atoms with Crippen molar-refractivity contribution < 1.29 is 8.91 Å². The molecule has 1 aliphatic rings. The number of nitrogens with one attached hydrogen (secondary N) is 2. The monoisotopic (exact) mass is 338 g/mol. The number of amides is 1. The lowest BCUT2D eigenvalue weighted by atomic mass is 10.1. The van der Waals surface area contributed by atoms with Crippen LogP contribution in [-0.4, -0.2) is 39.7 Å². The highest BCUT2D eigenvalue weighted by Crippen LogP contribution is 2.38. The van der Waals surface area contributed by atoms with Gasteiger partial charge in [0, 0.05) is 30.5 Å². The number of fused-ring (bicyclic) bond motifs is 3. The zero-order valence-corrected chi connectivity index (χ0v) is 13.4. The maximum Gasteiger partial charge on any atom is 0.254 e. The van der Waals surface area contributed by atoms with Crippen LogP contribution in [0.15, 0.2) is 43.0 Å². The largest absolute Gasteiger partial charge is 0.364 e. The van der Waals surface area contributed by atoms with Crippen LogP contribution >= 0.6 is 0 Å². The van der Waals surface area contributed by atoms with Crippen LogP contribution < -0.4 is 15.5 Å². The fourth-order valence-electron chi connectivity index (χ4n) is 2.97. The van der Waals surface area contributed by atoms with Crippen LogP contribution in [0, 0.1) is 0 Å². The Kier molecular flexibility index (Phi) is 2.83. The van der Waals surface area contributed by atoms with Crippen molar-refractivity contribution in [3.8, 4) is 5.69 Å². The maximum absolute atomic E-state index is 12.4. The summed E-state index contributed by atoms with van der Waals surface area (Å²) in [5, 5.41) is 9.50. The van der Waals surface area contributed by atoms with E-state index in [1.807, 2.05) is 35.5 Å². The zero-order valence-electron chi connectivity index (χ0n) is 16.4. The van der Waals surface area contributed by atoms with E-state index in [0.29, 0.717) is 12.2 Å². The topological polar surface area (TPSA) is 88.0 Å². The molecule has 0 aliphatic carbocycles. The fourth-order valence-corrected chi connectivity index (χ4v) is 2.97. The summed E-state index contributed by atoms with van der Waals surface area (Å²) in [5.74, 6) is 0.0983. The van der Waals surface area contributed by atoms with Crippen molar-refractivity contribution in [1.82, 2.24) is 25.1 Å². The van der Waals surface area contributed by atoms with Gasteiger partial charge < -0.3 is 15.5 Å². The molecule has 0 atom stereocenters. The lowest BCUT2D eigenvalue weighted by Crippen LogP contribution is -2.27. The summed E-state index contributed by atoms with van der Waals surface area (Å²) in [6.45, 7) is -2.01. The van der Waals surface area contributed by atoms with E-state index >= 15 is 0 Å². The molecule has 1 amide bonds. The highest BCUT2D eigenvalue weighted by molar-refractivity contribution is 6.00. The van der Waals surface area contributed by atoms with Crippen LogP contribution in [0.3, 0.4) is 0 Å². The van der Waals surface area contributed by atoms with Gasteiger partial charge in [-0.2, -0.15) is 5.10 Å². The number of carbonyl (C=O) groups excluding carboxylic acids is 1. The van der Waals surface area contributed by atoms with E-state index in [1.54, 1.807) is 10.7 Å². The molecule has 3 aromatic rings. The number of hydrogen-bond acceptors (Lipinski definition) is 6. The van der Waals surface area contributed by atoms with Crippen LogP contribution in [0.4, 0.5) is 17.1 Å². The Hall–Kier alpha value is -3.42. The van der Waals surface area contributed by atoms with E-state index in [0.717, 1.165) is 22.9 Å². The smallest absolute Gasteiger partial charge is 0.254 e. The van der Waals surface area contributed by atoms with Crippen molar-refractivity contribution in [2.75, 3.05) is 24.2 Å². The quantitative estimate of drug-likeness (QED) is 0.756. The molecular formula is C17H17N7O. The number of pyridine rings is 1. The summed E-state index contributed by atoms with van der Waals surface area (Å²) < 4.78 is 23.5. The number of carbonyl (C=O) groups is 1. The van der Waals surface area contributed by atoms with E-state index in [9.17, 15) is 4.79 Å². The predicted molar refractivity (Wildman–Crippen MR) is 94.4 cm³/mol. The van der Waals surface area contributed by atoms with Gasteiger partial charge in [0.2, 0.25) is 0 Å². The SMILES string of the molecule is [2H]C([2H])([2H])NC(=O)c1cnccc1Nc1cccc2c1N(C)Cc1ncnn1-2. The van der Waals surface area contributed by atoms with Crippen molar-refractivity contribution in [2.45, 2.75) is 6.54 Å². The molecule has 8 heteroatoms. The molecular weight excluding hydrogens is 318 g/mol. The molecule has 2 aromatic heterocycles. The fraction of sp³-hybridized carbons (Fsp3) is 0.176. The average molecular weight is 338 g/mol. The Bertz CT molecular complexity index is 1050. The van der Waals surface area contributed by atoms with Crippen molar-refractivity contribution in [3.63, 3.8) is 0 Å². The summed E-state index contributed by atoms with van der Waals surface area (Å²) in [7, 11) is 1.94. The third-order valence-electron chi connectivity index (χ3n) is 4.07. The molecule has 1 aromatic carbocycles. The van der Waals surface area contributed by atoms with Crippen molar-refractivity contribution in [1.29, 1.82) is 0 Å². The van der Waals surface area contributed by atoms with Gasteiger partial charge in [-0.05, 0) is 18.2 Å².